The van der Waals surface area contributed by atoms with Gasteiger partial charge < -0.3 is 19.2 Å². The highest BCUT2D eigenvalue weighted by Gasteiger charge is 2.42. The number of hydrogen-bond donors (Lipinski definition) is 1. The molecule has 33 heavy (non-hydrogen) atoms. The summed E-state index contributed by atoms with van der Waals surface area (Å²) in [5.74, 6) is -0.747. The standard InChI is InChI=1S/C26H41NO5Si/c1-25(2,3)31-24(29)27-22(23(28)30-7)20-16-15-19(32-33(8,9)26(4,5)6)17-21(20)18-13-11-10-12-14-18/h10-14,17,19-20,22H,15-16H2,1-9H3,(H,27,29)/t19-,20+,22-/m0/s1. The summed E-state index contributed by atoms with van der Waals surface area (Å²) in [6.07, 6.45) is 2.89. The van der Waals surface area contributed by atoms with Crippen molar-refractivity contribution in [1.29, 1.82) is 0 Å². The van der Waals surface area contributed by atoms with Gasteiger partial charge in [0.15, 0.2) is 8.32 Å². The number of methoxy groups -OCH3 is 1. The van der Waals surface area contributed by atoms with Crippen LogP contribution in [-0.2, 0) is 18.7 Å². The summed E-state index contributed by atoms with van der Waals surface area (Å²) >= 11 is 0. The number of hydrogen-bond acceptors (Lipinski definition) is 5. The van der Waals surface area contributed by atoms with E-state index in [2.05, 4.69) is 45.3 Å². The molecule has 0 aromatic heterocycles. The van der Waals surface area contributed by atoms with Crippen LogP contribution in [0.2, 0.25) is 18.1 Å². The molecule has 0 heterocycles. The Balaban J connectivity index is 2.42. The van der Waals surface area contributed by atoms with Gasteiger partial charge in [-0.1, -0.05) is 57.2 Å². The highest BCUT2D eigenvalue weighted by Crippen LogP contribution is 2.41. The van der Waals surface area contributed by atoms with Gasteiger partial charge in [0.1, 0.15) is 11.6 Å². The average molecular weight is 476 g/mol. The van der Waals surface area contributed by atoms with Gasteiger partial charge in [0, 0.05) is 5.92 Å². The van der Waals surface area contributed by atoms with E-state index < -0.39 is 32.0 Å². The molecule has 184 valence electrons. The maximum Gasteiger partial charge on any atom is 0.408 e. The molecule has 7 heteroatoms. The SMILES string of the molecule is COC(=O)[C@@H](NC(=O)OC(C)(C)C)[C@@H]1CC[C@H](O[Si](C)(C)C(C)(C)C)C=C1c1ccccc1. The lowest BCUT2D eigenvalue weighted by Gasteiger charge is -2.41. The maximum atomic E-state index is 12.8. The van der Waals surface area contributed by atoms with Crippen molar-refractivity contribution in [3.8, 4) is 0 Å². The van der Waals surface area contributed by atoms with Crippen LogP contribution in [0.15, 0.2) is 36.4 Å². The number of alkyl carbamates (subject to hydrolysis) is 1. The first-order valence-corrected chi connectivity index (χ1v) is 14.6. The number of rotatable bonds is 6. The summed E-state index contributed by atoms with van der Waals surface area (Å²) in [5.41, 5.74) is 1.32. The van der Waals surface area contributed by atoms with Crippen molar-refractivity contribution in [2.75, 3.05) is 7.11 Å². The van der Waals surface area contributed by atoms with Crippen LogP contribution in [-0.4, -0.2) is 45.2 Å². The zero-order chi connectivity index (χ0) is 25.0. The molecule has 1 aliphatic rings. The van der Waals surface area contributed by atoms with Gasteiger partial charge in [-0.25, -0.2) is 9.59 Å². The van der Waals surface area contributed by atoms with Crippen LogP contribution >= 0.6 is 0 Å². The maximum absolute atomic E-state index is 12.8. The Morgan fingerprint density at radius 2 is 1.64 bits per heavy atom. The van der Waals surface area contributed by atoms with E-state index in [0.717, 1.165) is 17.6 Å². The Hall–Kier alpha value is -2.12. The molecule has 0 saturated carbocycles. The minimum absolute atomic E-state index is 0.0443. The van der Waals surface area contributed by atoms with Crippen molar-refractivity contribution in [3.05, 3.63) is 42.0 Å². The Labute approximate surface area is 200 Å². The highest BCUT2D eigenvalue weighted by molar-refractivity contribution is 6.74. The third kappa shape index (κ3) is 7.44. The van der Waals surface area contributed by atoms with Crippen molar-refractivity contribution < 1.29 is 23.5 Å². The molecule has 1 amide bonds. The number of ether oxygens (including phenoxy) is 2. The molecule has 1 N–H and O–H groups in total. The number of benzene rings is 1. The van der Waals surface area contributed by atoms with Crippen molar-refractivity contribution in [2.45, 2.75) is 90.3 Å². The number of nitrogens with one attached hydrogen (secondary N) is 1. The van der Waals surface area contributed by atoms with Crippen LogP contribution in [0.25, 0.3) is 5.57 Å². The summed E-state index contributed by atoms with van der Waals surface area (Å²) in [6.45, 7) is 16.5. The van der Waals surface area contributed by atoms with Crippen LogP contribution in [0.4, 0.5) is 4.79 Å². The molecule has 1 aromatic rings. The molecule has 0 fully saturated rings. The molecule has 0 spiro atoms. The fourth-order valence-corrected chi connectivity index (χ4v) is 5.02. The Bertz CT molecular complexity index is 852. The van der Waals surface area contributed by atoms with E-state index in [1.165, 1.54) is 7.11 Å². The van der Waals surface area contributed by atoms with E-state index in [1.807, 2.05) is 30.3 Å². The molecule has 0 saturated heterocycles. The van der Waals surface area contributed by atoms with E-state index >= 15 is 0 Å². The van der Waals surface area contributed by atoms with E-state index in [0.29, 0.717) is 6.42 Å². The molecule has 6 nitrogen and oxygen atoms in total. The molecular formula is C26H41NO5Si. The van der Waals surface area contributed by atoms with Gasteiger partial charge in [-0.2, -0.15) is 0 Å². The molecule has 2 rings (SSSR count). The first kappa shape index (κ1) is 27.1. The third-order valence-electron chi connectivity index (χ3n) is 6.42. The quantitative estimate of drug-likeness (QED) is 0.407. The number of carbonyl (C=O) groups is 2. The Morgan fingerprint density at radius 1 is 1.03 bits per heavy atom. The first-order valence-electron chi connectivity index (χ1n) is 11.7. The summed E-state index contributed by atoms with van der Waals surface area (Å²) in [6, 6.07) is 9.09. The topological polar surface area (TPSA) is 73.9 Å². The van der Waals surface area contributed by atoms with E-state index in [9.17, 15) is 9.59 Å². The third-order valence-corrected chi connectivity index (χ3v) is 10.9. The predicted molar refractivity (Wildman–Crippen MR) is 134 cm³/mol. The average Bonchev–Trinajstić information content (AvgIpc) is 2.70. The second kappa shape index (κ2) is 10.4. The fraction of sp³-hybridized carbons (Fsp3) is 0.615. The summed E-state index contributed by atoms with van der Waals surface area (Å²) in [5, 5.41) is 2.87. The smallest absolute Gasteiger partial charge is 0.408 e. The molecule has 0 bridgehead atoms. The van der Waals surface area contributed by atoms with Crippen LogP contribution in [0.1, 0.15) is 59.9 Å². The second-order valence-corrected chi connectivity index (χ2v) is 16.0. The monoisotopic (exact) mass is 475 g/mol. The predicted octanol–water partition coefficient (Wildman–Crippen LogP) is 5.94. The number of amides is 1. The zero-order valence-corrected chi connectivity index (χ0v) is 22.7. The van der Waals surface area contributed by atoms with Crippen LogP contribution in [0.5, 0.6) is 0 Å². The Kier molecular flexibility index (Phi) is 8.57. The number of esters is 1. The fourth-order valence-electron chi connectivity index (χ4n) is 3.73. The van der Waals surface area contributed by atoms with E-state index in [1.54, 1.807) is 20.8 Å². The molecule has 3 atom stereocenters. The first-order chi connectivity index (χ1) is 15.1. The van der Waals surface area contributed by atoms with Gasteiger partial charge in [0.05, 0.1) is 13.2 Å². The van der Waals surface area contributed by atoms with Crippen molar-refractivity contribution in [3.63, 3.8) is 0 Å². The zero-order valence-electron chi connectivity index (χ0n) is 21.7. The summed E-state index contributed by atoms with van der Waals surface area (Å²) in [4.78, 5) is 25.3. The van der Waals surface area contributed by atoms with Crippen LogP contribution < -0.4 is 5.32 Å². The van der Waals surface area contributed by atoms with Crippen molar-refractivity contribution >= 4 is 26.0 Å². The van der Waals surface area contributed by atoms with E-state index in [4.69, 9.17) is 13.9 Å². The van der Waals surface area contributed by atoms with Gasteiger partial charge in [0.2, 0.25) is 0 Å². The lowest BCUT2D eigenvalue weighted by Crippen LogP contribution is -2.50. The molecule has 1 aromatic carbocycles. The van der Waals surface area contributed by atoms with Crippen molar-refractivity contribution in [1.82, 2.24) is 5.32 Å². The second-order valence-electron chi connectivity index (χ2n) is 11.2. The minimum Gasteiger partial charge on any atom is -0.467 e. The normalized spacial score (nSPS) is 20.5. The molecule has 0 radical (unpaired) electrons. The molecular weight excluding hydrogens is 434 g/mol. The van der Waals surface area contributed by atoms with Gasteiger partial charge in [-0.15, -0.1) is 0 Å². The lowest BCUT2D eigenvalue weighted by atomic mass is 9.78. The van der Waals surface area contributed by atoms with Crippen LogP contribution in [0.3, 0.4) is 0 Å². The lowest BCUT2D eigenvalue weighted by molar-refractivity contribution is -0.144. The summed E-state index contributed by atoms with van der Waals surface area (Å²) in [7, 11) is -0.642. The molecule has 1 aliphatic carbocycles. The molecule has 0 aliphatic heterocycles. The Morgan fingerprint density at radius 3 is 2.15 bits per heavy atom. The van der Waals surface area contributed by atoms with Gasteiger partial charge in [0.25, 0.3) is 0 Å². The molecule has 0 unspecified atom stereocenters. The van der Waals surface area contributed by atoms with E-state index in [-0.39, 0.29) is 17.1 Å². The number of carbonyl (C=O) groups excluding carboxylic acids is 2. The summed E-state index contributed by atoms with van der Waals surface area (Å²) < 4.78 is 17.2. The van der Waals surface area contributed by atoms with Gasteiger partial charge in [-0.05, 0) is 62.9 Å². The van der Waals surface area contributed by atoms with Crippen LogP contribution in [0, 0.1) is 5.92 Å². The minimum atomic E-state index is -1.98. The van der Waals surface area contributed by atoms with Gasteiger partial charge >= 0.3 is 12.1 Å². The van der Waals surface area contributed by atoms with Crippen molar-refractivity contribution in [2.24, 2.45) is 5.92 Å². The van der Waals surface area contributed by atoms with Gasteiger partial charge in [-0.3, -0.25) is 0 Å². The largest absolute Gasteiger partial charge is 0.467 e. The highest BCUT2D eigenvalue weighted by atomic mass is 28.4.